The number of hydrogen-bond acceptors (Lipinski definition) is 5. The summed E-state index contributed by atoms with van der Waals surface area (Å²) in [6.45, 7) is 0.610. The molecule has 7 heteroatoms. The molecule has 4 rings (SSSR count). The van der Waals surface area contributed by atoms with Gasteiger partial charge in [0.05, 0.1) is 17.5 Å². The summed E-state index contributed by atoms with van der Waals surface area (Å²) in [6.07, 6.45) is 0.748. The van der Waals surface area contributed by atoms with Crippen LogP contribution in [-0.2, 0) is 16.4 Å². The van der Waals surface area contributed by atoms with Crippen molar-refractivity contribution in [2.24, 2.45) is 0 Å². The zero-order valence-electron chi connectivity index (χ0n) is 12.6. The summed E-state index contributed by atoms with van der Waals surface area (Å²) >= 11 is 3.10. The van der Waals surface area contributed by atoms with Gasteiger partial charge >= 0.3 is 0 Å². The fourth-order valence-corrected chi connectivity index (χ4v) is 5.56. The SMILES string of the molecule is O=S(=O)(NC(c1ccsc1)c1cccs1)c1ccc2c(c1)CCO2. The Morgan fingerprint density at radius 1 is 1.17 bits per heavy atom. The summed E-state index contributed by atoms with van der Waals surface area (Å²) in [4.78, 5) is 1.25. The van der Waals surface area contributed by atoms with Crippen molar-refractivity contribution >= 4 is 32.7 Å². The molecule has 0 saturated carbocycles. The molecule has 0 amide bonds. The number of ether oxygens (including phenoxy) is 1. The lowest BCUT2D eigenvalue weighted by Crippen LogP contribution is -2.28. The smallest absolute Gasteiger partial charge is 0.241 e. The van der Waals surface area contributed by atoms with Crippen molar-refractivity contribution in [2.75, 3.05) is 6.61 Å². The van der Waals surface area contributed by atoms with Gasteiger partial charge in [-0.3, -0.25) is 0 Å². The van der Waals surface area contributed by atoms with Gasteiger partial charge in [0, 0.05) is 11.3 Å². The molecular formula is C17H15NO3S3. The summed E-state index contributed by atoms with van der Waals surface area (Å²) in [5.74, 6) is 0.779. The minimum atomic E-state index is -3.63. The van der Waals surface area contributed by atoms with Crippen molar-refractivity contribution in [1.82, 2.24) is 4.72 Å². The fourth-order valence-electron chi connectivity index (χ4n) is 2.74. The molecule has 2 aromatic heterocycles. The van der Waals surface area contributed by atoms with Crippen LogP contribution in [0.15, 0.2) is 57.4 Å². The molecule has 0 fully saturated rings. The maximum absolute atomic E-state index is 12.9. The van der Waals surface area contributed by atoms with E-state index in [0.29, 0.717) is 6.61 Å². The van der Waals surface area contributed by atoms with Crippen LogP contribution < -0.4 is 9.46 Å². The summed E-state index contributed by atoms with van der Waals surface area (Å²) in [6, 6.07) is 10.5. The van der Waals surface area contributed by atoms with Crippen LogP contribution in [-0.4, -0.2) is 15.0 Å². The second-order valence-corrected chi connectivity index (χ2v) is 8.97. The average molecular weight is 378 g/mol. The highest BCUT2D eigenvalue weighted by atomic mass is 32.2. The maximum atomic E-state index is 12.9. The lowest BCUT2D eigenvalue weighted by atomic mass is 10.1. The Hall–Kier alpha value is -1.67. The molecule has 24 heavy (non-hydrogen) atoms. The molecule has 124 valence electrons. The number of nitrogens with one attached hydrogen (secondary N) is 1. The van der Waals surface area contributed by atoms with Crippen molar-refractivity contribution in [3.8, 4) is 5.75 Å². The number of benzene rings is 1. The van der Waals surface area contributed by atoms with E-state index in [1.54, 1.807) is 40.9 Å². The van der Waals surface area contributed by atoms with Crippen LogP contribution in [0.25, 0.3) is 0 Å². The van der Waals surface area contributed by atoms with E-state index in [0.717, 1.165) is 28.2 Å². The van der Waals surface area contributed by atoms with Crippen molar-refractivity contribution in [1.29, 1.82) is 0 Å². The molecule has 1 aliphatic rings. The Morgan fingerprint density at radius 3 is 2.83 bits per heavy atom. The van der Waals surface area contributed by atoms with Crippen molar-refractivity contribution in [3.05, 3.63) is 68.5 Å². The van der Waals surface area contributed by atoms with Gasteiger partial charge in [-0.25, -0.2) is 8.42 Å². The number of hydrogen-bond donors (Lipinski definition) is 1. The van der Waals surface area contributed by atoms with Crippen molar-refractivity contribution in [3.63, 3.8) is 0 Å². The Bertz CT molecular complexity index is 897. The topological polar surface area (TPSA) is 55.4 Å². The van der Waals surface area contributed by atoms with Gasteiger partial charge < -0.3 is 4.74 Å². The molecule has 3 heterocycles. The molecule has 1 N–H and O–H groups in total. The van der Waals surface area contributed by atoms with E-state index in [-0.39, 0.29) is 10.9 Å². The second-order valence-electron chi connectivity index (χ2n) is 5.49. The average Bonchev–Trinajstić information content (AvgIpc) is 3.34. The normalized spacial score (nSPS) is 15.0. The van der Waals surface area contributed by atoms with E-state index in [2.05, 4.69) is 4.72 Å². The highest BCUT2D eigenvalue weighted by Crippen LogP contribution is 2.31. The van der Waals surface area contributed by atoms with Gasteiger partial charge in [0.1, 0.15) is 5.75 Å². The molecule has 1 aliphatic heterocycles. The number of fused-ring (bicyclic) bond motifs is 1. The summed E-state index contributed by atoms with van der Waals surface area (Å²) in [5, 5.41) is 5.89. The van der Waals surface area contributed by atoms with E-state index in [1.165, 1.54) is 0 Å². The molecule has 0 saturated heterocycles. The molecule has 1 atom stereocenters. The third-order valence-electron chi connectivity index (χ3n) is 3.95. The molecule has 1 unspecified atom stereocenters. The van der Waals surface area contributed by atoms with E-state index < -0.39 is 10.0 Å². The van der Waals surface area contributed by atoms with Crippen LogP contribution in [0.2, 0.25) is 0 Å². The summed E-state index contributed by atoms with van der Waals surface area (Å²) < 4.78 is 34.1. The standard InChI is InChI=1S/C17H15NO3S3/c19-24(20,14-3-4-15-12(10-14)5-7-21-15)18-17(13-6-9-22-11-13)16-2-1-8-23-16/h1-4,6,8-11,17-18H,5,7H2. The first kappa shape index (κ1) is 15.8. The molecule has 0 radical (unpaired) electrons. The zero-order valence-corrected chi connectivity index (χ0v) is 15.1. The predicted octanol–water partition coefficient (Wildman–Crippen LogP) is 3.81. The van der Waals surface area contributed by atoms with Crippen LogP contribution in [0.5, 0.6) is 5.75 Å². The third kappa shape index (κ3) is 3.00. The van der Waals surface area contributed by atoms with Gasteiger partial charge in [-0.1, -0.05) is 6.07 Å². The molecule has 4 nitrogen and oxygen atoms in total. The molecular weight excluding hydrogens is 362 g/mol. The predicted molar refractivity (Wildman–Crippen MR) is 96.4 cm³/mol. The quantitative estimate of drug-likeness (QED) is 0.736. The Balaban J connectivity index is 1.68. The van der Waals surface area contributed by atoms with Gasteiger partial charge in [0.25, 0.3) is 0 Å². The zero-order chi connectivity index (χ0) is 16.6. The van der Waals surface area contributed by atoms with Crippen LogP contribution in [0.1, 0.15) is 22.0 Å². The van der Waals surface area contributed by atoms with Gasteiger partial charge in [-0.15, -0.1) is 11.3 Å². The number of sulfonamides is 1. The minimum Gasteiger partial charge on any atom is -0.493 e. The Morgan fingerprint density at radius 2 is 2.08 bits per heavy atom. The molecule has 0 bridgehead atoms. The summed E-state index contributed by atoms with van der Waals surface area (Å²) in [7, 11) is -3.63. The van der Waals surface area contributed by atoms with E-state index in [1.807, 2.05) is 34.3 Å². The lowest BCUT2D eigenvalue weighted by Gasteiger charge is -2.17. The molecule has 1 aromatic carbocycles. The highest BCUT2D eigenvalue weighted by molar-refractivity contribution is 7.89. The van der Waals surface area contributed by atoms with Crippen LogP contribution >= 0.6 is 22.7 Å². The molecule has 3 aromatic rings. The van der Waals surface area contributed by atoms with E-state index in [9.17, 15) is 8.42 Å². The largest absolute Gasteiger partial charge is 0.493 e. The highest BCUT2D eigenvalue weighted by Gasteiger charge is 2.25. The first-order valence-corrected chi connectivity index (χ1v) is 10.8. The maximum Gasteiger partial charge on any atom is 0.241 e. The third-order valence-corrected chi connectivity index (χ3v) is 7.01. The first-order valence-electron chi connectivity index (χ1n) is 7.47. The lowest BCUT2D eigenvalue weighted by molar-refractivity contribution is 0.356. The van der Waals surface area contributed by atoms with Crippen molar-refractivity contribution in [2.45, 2.75) is 17.4 Å². The monoisotopic (exact) mass is 377 g/mol. The first-order chi connectivity index (χ1) is 11.6. The summed E-state index contributed by atoms with van der Waals surface area (Å²) in [5.41, 5.74) is 1.90. The second kappa shape index (κ2) is 6.33. The van der Waals surface area contributed by atoms with Gasteiger partial charge in [0.15, 0.2) is 0 Å². The van der Waals surface area contributed by atoms with Crippen LogP contribution in [0.3, 0.4) is 0 Å². The van der Waals surface area contributed by atoms with E-state index in [4.69, 9.17) is 4.74 Å². The molecule has 0 aliphatic carbocycles. The Kier molecular flexibility index (Phi) is 4.17. The fraction of sp³-hybridized carbons (Fsp3) is 0.176. The van der Waals surface area contributed by atoms with E-state index >= 15 is 0 Å². The number of rotatable bonds is 5. The van der Waals surface area contributed by atoms with Crippen LogP contribution in [0, 0.1) is 0 Å². The Labute approximate surface area is 148 Å². The number of thiophene rings is 2. The minimum absolute atomic E-state index is 0.281. The van der Waals surface area contributed by atoms with Gasteiger partial charge in [-0.2, -0.15) is 16.1 Å². The van der Waals surface area contributed by atoms with Crippen molar-refractivity contribution < 1.29 is 13.2 Å². The van der Waals surface area contributed by atoms with Gasteiger partial charge in [0.2, 0.25) is 10.0 Å². The molecule has 0 spiro atoms. The van der Waals surface area contributed by atoms with Crippen LogP contribution in [0.4, 0.5) is 0 Å². The van der Waals surface area contributed by atoms with Gasteiger partial charge in [-0.05, 0) is 57.6 Å².